The largest absolute Gasteiger partial charge is 0.466 e. The minimum absolute atomic E-state index is 0.0222. The van der Waals surface area contributed by atoms with Gasteiger partial charge in [-0.15, -0.1) is 0 Å². The molecule has 0 radical (unpaired) electrons. The molecule has 10 heteroatoms. The van der Waals surface area contributed by atoms with Crippen LogP contribution in [0.15, 0.2) is 36.4 Å². The lowest BCUT2D eigenvalue weighted by molar-refractivity contribution is -0.146. The number of carbonyl (C=O) groups is 6. The predicted octanol–water partition coefficient (Wildman–Crippen LogP) is 2.96. The minimum Gasteiger partial charge on any atom is -0.466 e. The molecule has 0 unspecified atom stereocenters. The second kappa shape index (κ2) is 11.9. The number of hydrogen-bond acceptors (Lipinski definition) is 10. The Morgan fingerprint density at radius 1 is 0.583 bits per heavy atom. The fourth-order valence-electron chi connectivity index (χ4n) is 3.57. The van der Waals surface area contributed by atoms with Crippen LogP contribution in [0.25, 0.3) is 0 Å². The summed E-state index contributed by atoms with van der Waals surface area (Å²) in [7, 11) is 0. The first-order valence-electron chi connectivity index (χ1n) is 11.3. The molecule has 1 aliphatic rings. The summed E-state index contributed by atoms with van der Waals surface area (Å²) < 4.78 is 20.2. The quantitative estimate of drug-likeness (QED) is 0.304. The van der Waals surface area contributed by atoms with Gasteiger partial charge in [-0.3, -0.25) is 28.8 Å². The average Bonchev–Trinajstić information content (AvgIpc) is 2.85. The highest BCUT2D eigenvalue weighted by Gasteiger charge is 2.35. The molecule has 0 aromatic heterocycles. The third-order valence-electron chi connectivity index (χ3n) is 5.12. The molecule has 0 heterocycles. The molecule has 0 spiro atoms. The van der Waals surface area contributed by atoms with Gasteiger partial charge in [0.1, 0.15) is 11.5 Å². The second-order valence-corrected chi connectivity index (χ2v) is 7.57. The molecular formula is C26H24O10. The number of esters is 4. The topological polar surface area (TPSA) is 139 Å². The zero-order valence-corrected chi connectivity index (χ0v) is 19.8. The average molecular weight is 496 g/mol. The number of ketones is 2. The van der Waals surface area contributed by atoms with E-state index in [0.29, 0.717) is 0 Å². The lowest BCUT2D eigenvalue weighted by Gasteiger charge is -2.21. The summed E-state index contributed by atoms with van der Waals surface area (Å²) in [6, 6.07) is 8.47. The van der Waals surface area contributed by atoms with Gasteiger partial charge in [0, 0.05) is 11.1 Å². The Morgan fingerprint density at radius 3 is 1.36 bits per heavy atom. The Kier molecular flexibility index (Phi) is 8.66. The highest BCUT2D eigenvalue weighted by Crippen LogP contribution is 2.37. The summed E-state index contributed by atoms with van der Waals surface area (Å²) in [5, 5.41) is 0. The molecule has 0 N–H and O–H groups in total. The molecule has 10 nitrogen and oxygen atoms in total. The van der Waals surface area contributed by atoms with Crippen LogP contribution in [0.1, 0.15) is 71.4 Å². The maximum Gasteiger partial charge on any atom is 0.311 e. The van der Waals surface area contributed by atoms with Crippen LogP contribution in [0.5, 0.6) is 11.5 Å². The second-order valence-electron chi connectivity index (χ2n) is 7.57. The molecule has 0 atom stereocenters. The summed E-state index contributed by atoms with van der Waals surface area (Å²) in [6.07, 6.45) is -0.984. The van der Waals surface area contributed by atoms with Gasteiger partial charge in [0.15, 0.2) is 5.78 Å². The molecule has 2 aromatic rings. The van der Waals surface area contributed by atoms with Crippen LogP contribution < -0.4 is 9.47 Å². The van der Waals surface area contributed by atoms with Gasteiger partial charge in [-0.1, -0.05) is 24.3 Å². The lowest BCUT2D eigenvalue weighted by Crippen LogP contribution is -2.24. The van der Waals surface area contributed by atoms with E-state index in [0.717, 1.165) is 0 Å². The maximum atomic E-state index is 13.5. The summed E-state index contributed by atoms with van der Waals surface area (Å²) in [5.74, 6) is -4.24. The van der Waals surface area contributed by atoms with E-state index >= 15 is 0 Å². The van der Waals surface area contributed by atoms with Crippen molar-refractivity contribution < 1.29 is 47.7 Å². The van der Waals surface area contributed by atoms with Crippen molar-refractivity contribution in [1.29, 1.82) is 0 Å². The van der Waals surface area contributed by atoms with E-state index in [-0.39, 0.29) is 72.6 Å². The van der Waals surface area contributed by atoms with Crippen molar-refractivity contribution in [3.05, 3.63) is 58.7 Å². The van der Waals surface area contributed by atoms with Gasteiger partial charge in [-0.05, 0) is 26.0 Å². The predicted molar refractivity (Wildman–Crippen MR) is 123 cm³/mol. The molecule has 0 saturated heterocycles. The molecule has 0 aliphatic heterocycles. The first-order chi connectivity index (χ1) is 17.3. The van der Waals surface area contributed by atoms with Crippen molar-refractivity contribution >= 4 is 35.4 Å². The molecule has 0 saturated carbocycles. The van der Waals surface area contributed by atoms with Crippen LogP contribution in [0.2, 0.25) is 0 Å². The van der Waals surface area contributed by atoms with Crippen molar-refractivity contribution in [1.82, 2.24) is 0 Å². The van der Waals surface area contributed by atoms with Crippen LogP contribution >= 0.6 is 0 Å². The number of fused-ring (bicyclic) bond motifs is 2. The SMILES string of the molecule is CCOC(=O)CCC(=O)Oc1cccc2c1C(=O)c1c(OC(=O)CCC(=O)OCC)cccc1C2=O. The third kappa shape index (κ3) is 6.01. The molecule has 188 valence electrons. The summed E-state index contributed by atoms with van der Waals surface area (Å²) in [4.78, 5) is 74.2. The van der Waals surface area contributed by atoms with Gasteiger partial charge in [0.25, 0.3) is 0 Å². The summed E-state index contributed by atoms with van der Waals surface area (Å²) >= 11 is 0. The Hall–Kier alpha value is -4.34. The van der Waals surface area contributed by atoms with Gasteiger partial charge in [-0.25, -0.2) is 0 Å². The van der Waals surface area contributed by atoms with Crippen molar-refractivity contribution in [3.63, 3.8) is 0 Å². The lowest BCUT2D eigenvalue weighted by atomic mass is 9.83. The van der Waals surface area contributed by atoms with Crippen LogP contribution in [-0.2, 0) is 28.7 Å². The molecule has 36 heavy (non-hydrogen) atoms. The fraction of sp³-hybridized carbons (Fsp3) is 0.308. The van der Waals surface area contributed by atoms with Gasteiger partial charge >= 0.3 is 23.9 Å². The number of benzene rings is 2. The number of ether oxygens (including phenoxy) is 4. The van der Waals surface area contributed by atoms with Crippen LogP contribution in [0, 0.1) is 0 Å². The molecule has 2 aromatic carbocycles. The highest BCUT2D eigenvalue weighted by atomic mass is 16.5. The van der Waals surface area contributed by atoms with Crippen molar-refractivity contribution in [2.45, 2.75) is 39.5 Å². The van der Waals surface area contributed by atoms with E-state index < -0.39 is 35.4 Å². The van der Waals surface area contributed by atoms with Crippen LogP contribution in [0.3, 0.4) is 0 Å². The monoisotopic (exact) mass is 496 g/mol. The first kappa shape index (κ1) is 26.3. The summed E-state index contributed by atoms with van der Waals surface area (Å²) in [5.41, 5.74) is -0.271. The Bertz CT molecular complexity index is 1140. The van der Waals surface area contributed by atoms with E-state index in [1.165, 1.54) is 36.4 Å². The normalized spacial score (nSPS) is 11.7. The number of rotatable bonds is 10. The zero-order valence-electron chi connectivity index (χ0n) is 19.8. The van der Waals surface area contributed by atoms with E-state index in [1.807, 2.05) is 0 Å². The molecule has 1 aliphatic carbocycles. The van der Waals surface area contributed by atoms with Gasteiger partial charge in [0.2, 0.25) is 5.78 Å². The van der Waals surface area contributed by atoms with E-state index in [1.54, 1.807) is 13.8 Å². The van der Waals surface area contributed by atoms with Gasteiger partial charge in [-0.2, -0.15) is 0 Å². The number of carbonyl (C=O) groups excluding carboxylic acids is 6. The van der Waals surface area contributed by atoms with Crippen LogP contribution in [0.4, 0.5) is 0 Å². The minimum atomic E-state index is -0.791. The Morgan fingerprint density at radius 2 is 0.972 bits per heavy atom. The highest BCUT2D eigenvalue weighted by molar-refractivity contribution is 6.30. The fourth-order valence-corrected chi connectivity index (χ4v) is 3.57. The maximum absolute atomic E-state index is 13.5. The van der Waals surface area contributed by atoms with E-state index in [9.17, 15) is 28.8 Å². The van der Waals surface area contributed by atoms with Crippen molar-refractivity contribution in [3.8, 4) is 11.5 Å². The third-order valence-corrected chi connectivity index (χ3v) is 5.12. The summed E-state index contributed by atoms with van der Waals surface area (Å²) in [6.45, 7) is 3.62. The van der Waals surface area contributed by atoms with Crippen molar-refractivity contribution in [2.24, 2.45) is 0 Å². The number of hydrogen-bond donors (Lipinski definition) is 0. The van der Waals surface area contributed by atoms with Crippen molar-refractivity contribution in [2.75, 3.05) is 13.2 Å². The smallest absolute Gasteiger partial charge is 0.311 e. The van der Waals surface area contributed by atoms with E-state index in [4.69, 9.17) is 18.9 Å². The Labute approximate surface area is 206 Å². The Balaban J connectivity index is 1.84. The van der Waals surface area contributed by atoms with Gasteiger partial charge in [0.05, 0.1) is 50.0 Å². The molecular weight excluding hydrogens is 472 g/mol. The molecule has 0 fully saturated rings. The molecule has 0 bridgehead atoms. The van der Waals surface area contributed by atoms with Gasteiger partial charge < -0.3 is 18.9 Å². The zero-order chi connectivity index (χ0) is 26.2. The van der Waals surface area contributed by atoms with E-state index in [2.05, 4.69) is 0 Å². The standard InChI is InChI=1S/C26H24O10/c1-3-33-19(27)11-13-21(29)35-17-9-5-7-15-23(17)26(32)24-16(25(15)31)8-6-10-18(24)36-22(30)14-12-20(28)34-4-2/h5-10H,3-4,11-14H2,1-2H3. The molecule has 3 rings (SSSR count). The molecule has 0 amide bonds. The van der Waals surface area contributed by atoms with Crippen LogP contribution in [-0.4, -0.2) is 48.7 Å². The first-order valence-corrected chi connectivity index (χ1v) is 11.3.